The van der Waals surface area contributed by atoms with E-state index in [0.717, 1.165) is 6.42 Å². The van der Waals surface area contributed by atoms with Gasteiger partial charge in [0.25, 0.3) is 0 Å². The summed E-state index contributed by atoms with van der Waals surface area (Å²) >= 11 is 0. The molecule has 0 spiro atoms. The Labute approximate surface area is 57.1 Å². The second kappa shape index (κ2) is 3.18. The van der Waals surface area contributed by atoms with Crippen molar-refractivity contribution in [3.8, 4) is 0 Å². The Morgan fingerprint density at radius 3 is 2.22 bits per heavy atom. The van der Waals surface area contributed by atoms with Crippen molar-refractivity contribution in [3.63, 3.8) is 0 Å². The van der Waals surface area contributed by atoms with Gasteiger partial charge in [-0.15, -0.1) is 0 Å². The predicted molar refractivity (Wildman–Crippen MR) is 39.2 cm³/mol. The molecule has 0 saturated carbocycles. The molecule has 3 N–H and O–H groups in total. The molecule has 0 aromatic carbocycles. The number of aliphatic hydroxyl groups is 1. The average Bonchev–Trinajstić information content (AvgIpc) is 1.63. The van der Waals surface area contributed by atoms with Gasteiger partial charge in [0.15, 0.2) is 0 Å². The second-order valence-corrected chi connectivity index (χ2v) is 3.06. The van der Waals surface area contributed by atoms with E-state index >= 15 is 0 Å². The van der Waals surface area contributed by atoms with E-state index in [9.17, 15) is 0 Å². The lowest BCUT2D eigenvalue weighted by atomic mass is 9.93. The van der Waals surface area contributed by atoms with Gasteiger partial charge in [-0.1, -0.05) is 6.92 Å². The molecule has 0 aliphatic heterocycles. The highest BCUT2D eigenvalue weighted by molar-refractivity contribution is 4.78. The van der Waals surface area contributed by atoms with Gasteiger partial charge in [0.05, 0.1) is 6.10 Å². The minimum atomic E-state index is -0.278. The maximum Gasteiger partial charge on any atom is 0.0529 e. The number of hydrogen-bond acceptors (Lipinski definition) is 2. The second-order valence-electron chi connectivity index (χ2n) is 3.06. The fourth-order valence-electron chi connectivity index (χ4n) is 0.819. The van der Waals surface area contributed by atoms with Crippen LogP contribution in [0.25, 0.3) is 0 Å². The monoisotopic (exact) mass is 131 g/mol. The Hall–Kier alpha value is -0.0800. The van der Waals surface area contributed by atoms with Crippen LogP contribution in [0.15, 0.2) is 0 Å². The van der Waals surface area contributed by atoms with Crippen LogP contribution in [0.3, 0.4) is 0 Å². The highest BCUT2D eigenvalue weighted by Crippen LogP contribution is 2.11. The van der Waals surface area contributed by atoms with Crippen LogP contribution in [0.4, 0.5) is 0 Å². The van der Waals surface area contributed by atoms with E-state index in [-0.39, 0.29) is 11.6 Å². The standard InChI is InChI=1S/C7H17NO/c1-4-7(3,8)5-6(2)9/h6,9H,4-5,8H2,1-3H3. The van der Waals surface area contributed by atoms with Gasteiger partial charge in [-0.2, -0.15) is 0 Å². The van der Waals surface area contributed by atoms with Crippen LogP contribution < -0.4 is 5.73 Å². The molecule has 0 fully saturated rings. The van der Waals surface area contributed by atoms with E-state index in [1.165, 1.54) is 0 Å². The molecular weight excluding hydrogens is 114 g/mol. The smallest absolute Gasteiger partial charge is 0.0529 e. The maximum absolute atomic E-state index is 8.94. The van der Waals surface area contributed by atoms with Crippen molar-refractivity contribution in [1.82, 2.24) is 0 Å². The molecule has 0 aromatic heterocycles. The fraction of sp³-hybridized carbons (Fsp3) is 1.00. The lowest BCUT2D eigenvalue weighted by molar-refractivity contribution is 0.152. The summed E-state index contributed by atoms with van der Waals surface area (Å²) in [6.07, 6.45) is 1.32. The van der Waals surface area contributed by atoms with Gasteiger partial charge < -0.3 is 10.8 Å². The Morgan fingerprint density at radius 2 is 2.11 bits per heavy atom. The molecule has 0 rings (SSSR count). The van der Waals surface area contributed by atoms with Crippen molar-refractivity contribution >= 4 is 0 Å². The van der Waals surface area contributed by atoms with Crippen molar-refractivity contribution in [2.24, 2.45) is 5.73 Å². The molecule has 2 atom stereocenters. The zero-order valence-electron chi connectivity index (χ0n) is 6.52. The summed E-state index contributed by atoms with van der Waals surface area (Å²) in [5.74, 6) is 0. The summed E-state index contributed by atoms with van der Waals surface area (Å²) in [6.45, 7) is 5.75. The molecule has 0 aliphatic carbocycles. The van der Waals surface area contributed by atoms with Crippen molar-refractivity contribution in [3.05, 3.63) is 0 Å². The van der Waals surface area contributed by atoms with E-state index in [2.05, 4.69) is 0 Å². The molecule has 0 radical (unpaired) electrons. The molecule has 0 amide bonds. The number of aliphatic hydroxyl groups excluding tert-OH is 1. The third-order valence-electron chi connectivity index (χ3n) is 1.57. The predicted octanol–water partition coefficient (Wildman–Crippen LogP) is 0.885. The summed E-state index contributed by atoms with van der Waals surface area (Å²) < 4.78 is 0. The molecule has 2 nitrogen and oxygen atoms in total. The number of rotatable bonds is 3. The third-order valence-corrected chi connectivity index (χ3v) is 1.57. The summed E-state index contributed by atoms with van der Waals surface area (Å²) in [6, 6.07) is 0. The van der Waals surface area contributed by atoms with Crippen molar-refractivity contribution in [2.75, 3.05) is 0 Å². The zero-order valence-corrected chi connectivity index (χ0v) is 6.52. The van der Waals surface area contributed by atoms with Crippen LogP contribution >= 0.6 is 0 Å². The first-order chi connectivity index (χ1) is 3.98. The highest BCUT2D eigenvalue weighted by atomic mass is 16.3. The van der Waals surface area contributed by atoms with Crippen LogP contribution in [0.5, 0.6) is 0 Å². The maximum atomic E-state index is 8.94. The molecule has 0 heterocycles. The highest BCUT2D eigenvalue weighted by Gasteiger charge is 2.17. The van der Waals surface area contributed by atoms with Gasteiger partial charge in [-0.05, 0) is 26.7 Å². The molecule has 9 heavy (non-hydrogen) atoms. The third kappa shape index (κ3) is 4.43. The molecular formula is C7H17NO. The molecule has 2 unspecified atom stereocenters. The van der Waals surface area contributed by atoms with Crippen LogP contribution in [0.2, 0.25) is 0 Å². The summed E-state index contributed by atoms with van der Waals surface area (Å²) in [5, 5.41) is 8.94. The molecule has 2 heteroatoms. The molecule has 0 aliphatic rings. The minimum Gasteiger partial charge on any atom is -0.393 e. The minimum absolute atomic E-state index is 0.186. The van der Waals surface area contributed by atoms with Crippen LogP contribution in [-0.2, 0) is 0 Å². The zero-order chi connectivity index (χ0) is 7.49. The van der Waals surface area contributed by atoms with Gasteiger partial charge in [0.2, 0.25) is 0 Å². The first kappa shape index (κ1) is 8.92. The summed E-state index contributed by atoms with van der Waals surface area (Å²) in [4.78, 5) is 0. The van der Waals surface area contributed by atoms with E-state index in [1.54, 1.807) is 6.92 Å². The van der Waals surface area contributed by atoms with Gasteiger partial charge in [0.1, 0.15) is 0 Å². The average molecular weight is 131 g/mol. The fourth-order valence-corrected chi connectivity index (χ4v) is 0.819. The Balaban J connectivity index is 3.58. The van der Waals surface area contributed by atoms with Crippen LogP contribution in [0.1, 0.15) is 33.6 Å². The van der Waals surface area contributed by atoms with Gasteiger partial charge in [0, 0.05) is 5.54 Å². The van der Waals surface area contributed by atoms with E-state index in [4.69, 9.17) is 10.8 Å². The molecule has 0 aromatic rings. The number of hydrogen-bond donors (Lipinski definition) is 2. The quantitative estimate of drug-likeness (QED) is 0.597. The normalized spacial score (nSPS) is 21.0. The lowest BCUT2D eigenvalue weighted by Gasteiger charge is -2.23. The van der Waals surface area contributed by atoms with Crippen molar-refractivity contribution in [1.29, 1.82) is 0 Å². The SMILES string of the molecule is CCC(C)(N)CC(C)O. The molecule has 0 saturated heterocycles. The first-order valence-electron chi connectivity index (χ1n) is 3.45. The summed E-state index contributed by atoms with van der Waals surface area (Å²) in [7, 11) is 0. The Bertz CT molecular complexity index is 79.0. The van der Waals surface area contributed by atoms with Gasteiger partial charge in [-0.3, -0.25) is 0 Å². The largest absolute Gasteiger partial charge is 0.393 e. The topological polar surface area (TPSA) is 46.2 Å². The van der Waals surface area contributed by atoms with Crippen LogP contribution in [-0.4, -0.2) is 16.7 Å². The van der Waals surface area contributed by atoms with E-state index in [1.807, 2.05) is 13.8 Å². The van der Waals surface area contributed by atoms with Gasteiger partial charge >= 0.3 is 0 Å². The van der Waals surface area contributed by atoms with E-state index < -0.39 is 0 Å². The number of nitrogens with two attached hydrogens (primary N) is 1. The van der Waals surface area contributed by atoms with Crippen molar-refractivity contribution < 1.29 is 5.11 Å². The molecule has 56 valence electrons. The Kier molecular flexibility index (Phi) is 3.15. The van der Waals surface area contributed by atoms with Crippen LogP contribution in [0, 0.1) is 0 Å². The van der Waals surface area contributed by atoms with E-state index in [0.29, 0.717) is 6.42 Å². The first-order valence-corrected chi connectivity index (χ1v) is 3.45. The molecule has 0 bridgehead atoms. The lowest BCUT2D eigenvalue weighted by Crippen LogP contribution is -2.38. The van der Waals surface area contributed by atoms with Crippen molar-refractivity contribution in [2.45, 2.75) is 45.3 Å². The Morgan fingerprint density at radius 1 is 1.67 bits per heavy atom. The van der Waals surface area contributed by atoms with Gasteiger partial charge in [-0.25, -0.2) is 0 Å². The summed E-state index contributed by atoms with van der Waals surface area (Å²) in [5.41, 5.74) is 5.57.